The van der Waals surface area contributed by atoms with Crippen LogP contribution in [-0.2, 0) is 4.74 Å². The Morgan fingerprint density at radius 1 is 1.23 bits per heavy atom. The Kier molecular flexibility index (Phi) is 6.62. The maximum absolute atomic E-state index is 13.0. The Labute approximate surface area is 182 Å². The van der Waals surface area contributed by atoms with Gasteiger partial charge in [-0.15, -0.1) is 0 Å². The molecule has 1 saturated heterocycles. The molecule has 2 heterocycles. The highest BCUT2D eigenvalue weighted by Crippen LogP contribution is 2.33. The van der Waals surface area contributed by atoms with E-state index in [1.54, 1.807) is 13.1 Å². The summed E-state index contributed by atoms with van der Waals surface area (Å²) in [6.45, 7) is 5.10. The predicted molar refractivity (Wildman–Crippen MR) is 123 cm³/mol. The van der Waals surface area contributed by atoms with Gasteiger partial charge in [0.2, 0.25) is 5.89 Å². The number of fused-ring (bicyclic) bond motifs is 1. The van der Waals surface area contributed by atoms with Crippen molar-refractivity contribution < 1.29 is 13.9 Å². The van der Waals surface area contributed by atoms with Gasteiger partial charge in [-0.05, 0) is 30.7 Å². The van der Waals surface area contributed by atoms with Crippen molar-refractivity contribution in [2.45, 2.75) is 25.8 Å². The molecule has 0 saturated carbocycles. The maximum Gasteiger partial charge on any atom is 0.253 e. The van der Waals surface area contributed by atoms with E-state index in [9.17, 15) is 4.79 Å². The number of oxazole rings is 1. The van der Waals surface area contributed by atoms with Crippen molar-refractivity contribution in [1.29, 1.82) is 0 Å². The summed E-state index contributed by atoms with van der Waals surface area (Å²) < 4.78 is 11.6. The molecule has 0 aliphatic carbocycles. The molecule has 3 aromatic rings. The molecule has 1 fully saturated rings. The number of morpholine rings is 1. The molecule has 1 atom stereocenters. The summed E-state index contributed by atoms with van der Waals surface area (Å²) in [5.41, 5.74) is 3.67. The van der Waals surface area contributed by atoms with Gasteiger partial charge in [0.15, 0.2) is 5.58 Å². The highest BCUT2D eigenvalue weighted by molar-refractivity contribution is 6.05. The highest BCUT2D eigenvalue weighted by Gasteiger charge is 2.21. The van der Waals surface area contributed by atoms with Gasteiger partial charge in [-0.3, -0.25) is 4.79 Å². The first-order valence-corrected chi connectivity index (χ1v) is 10.7. The van der Waals surface area contributed by atoms with Crippen molar-refractivity contribution in [2.75, 3.05) is 38.3 Å². The number of rotatable bonds is 7. The van der Waals surface area contributed by atoms with Crippen LogP contribution in [0, 0.1) is 0 Å². The van der Waals surface area contributed by atoms with E-state index in [0.29, 0.717) is 42.2 Å². The molecule has 4 rings (SSSR count). The number of aliphatic imine (C=N–C) groups is 1. The molecular formula is C24H28N4O3. The normalized spacial score (nSPS) is 15.5. The number of benzene rings is 2. The number of nitrogens with one attached hydrogen (secondary N) is 1. The molecule has 1 unspecified atom stereocenters. The average molecular weight is 421 g/mol. The van der Waals surface area contributed by atoms with Gasteiger partial charge in [0.05, 0.1) is 24.3 Å². The summed E-state index contributed by atoms with van der Waals surface area (Å²) in [6, 6.07) is 13.6. The van der Waals surface area contributed by atoms with Crippen molar-refractivity contribution in [3.63, 3.8) is 0 Å². The monoisotopic (exact) mass is 420 g/mol. The van der Waals surface area contributed by atoms with Crippen molar-refractivity contribution in [3.05, 3.63) is 48.0 Å². The van der Waals surface area contributed by atoms with Crippen molar-refractivity contribution in [3.8, 4) is 11.5 Å². The van der Waals surface area contributed by atoms with Crippen LogP contribution in [0.3, 0.4) is 0 Å². The number of hydrogen-bond acceptors (Lipinski definition) is 6. The molecule has 1 aromatic heterocycles. The third-order valence-corrected chi connectivity index (χ3v) is 5.55. The number of amides is 1. The number of para-hydroxylation sites is 2. The molecule has 0 bridgehead atoms. The summed E-state index contributed by atoms with van der Waals surface area (Å²) in [7, 11) is 1.74. The van der Waals surface area contributed by atoms with E-state index in [2.05, 4.69) is 21.3 Å². The third-order valence-electron chi connectivity index (χ3n) is 5.55. The van der Waals surface area contributed by atoms with E-state index in [1.807, 2.05) is 43.5 Å². The minimum Gasteiger partial charge on any atom is -0.436 e. The number of hydrogen-bond donors (Lipinski definition) is 1. The molecule has 0 spiro atoms. The number of nitrogens with zero attached hydrogens (tertiary/aromatic N) is 3. The number of anilines is 1. The van der Waals surface area contributed by atoms with Crippen LogP contribution in [0.2, 0.25) is 0 Å². The topological polar surface area (TPSA) is 80.0 Å². The van der Waals surface area contributed by atoms with Gasteiger partial charge in [-0.2, -0.15) is 0 Å². The predicted octanol–water partition coefficient (Wildman–Crippen LogP) is 3.93. The van der Waals surface area contributed by atoms with Gasteiger partial charge in [0.25, 0.3) is 5.91 Å². The highest BCUT2D eigenvalue weighted by atomic mass is 16.5. The fourth-order valence-corrected chi connectivity index (χ4v) is 3.80. The second kappa shape index (κ2) is 9.75. The van der Waals surface area contributed by atoms with Gasteiger partial charge in [-0.25, -0.2) is 4.98 Å². The van der Waals surface area contributed by atoms with E-state index in [0.717, 1.165) is 30.8 Å². The van der Waals surface area contributed by atoms with Crippen molar-refractivity contribution in [1.82, 2.24) is 10.3 Å². The van der Waals surface area contributed by atoms with Gasteiger partial charge < -0.3 is 24.4 Å². The quantitative estimate of drug-likeness (QED) is 0.586. The van der Waals surface area contributed by atoms with Crippen LogP contribution >= 0.6 is 0 Å². The first-order valence-electron chi connectivity index (χ1n) is 10.7. The smallest absolute Gasteiger partial charge is 0.253 e. The SMILES string of the molecule is CCC(CC=NC)NC(=O)c1cccc2oc(-c3ccccc3N3CCOCC3)nc12. The molecule has 162 valence electrons. The fraction of sp³-hybridized carbons (Fsp3) is 0.375. The van der Waals surface area contributed by atoms with E-state index < -0.39 is 0 Å². The minimum absolute atomic E-state index is 0.0277. The standard InChI is InChI=1S/C24H28N4O3/c1-3-17(11-12-25-2)26-23(29)19-8-6-10-21-22(19)27-24(31-21)18-7-4-5-9-20(18)28-13-15-30-16-14-28/h4-10,12,17H,3,11,13-16H2,1-2H3,(H,26,29). The Balaban J connectivity index is 1.66. The number of ether oxygens (including phenoxy) is 1. The number of aromatic nitrogens is 1. The second-order valence-corrected chi connectivity index (χ2v) is 7.54. The van der Waals surface area contributed by atoms with Gasteiger partial charge in [0.1, 0.15) is 5.52 Å². The van der Waals surface area contributed by atoms with Crippen LogP contribution < -0.4 is 10.2 Å². The summed E-state index contributed by atoms with van der Waals surface area (Å²) in [6.07, 6.45) is 3.35. The molecule has 1 amide bonds. The zero-order valence-corrected chi connectivity index (χ0v) is 18.0. The zero-order chi connectivity index (χ0) is 21.6. The van der Waals surface area contributed by atoms with Crippen LogP contribution in [0.15, 0.2) is 51.9 Å². The summed E-state index contributed by atoms with van der Waals surface area (Å²) in [5.74, 6) is 0.366. The van der Waals surface area contributed by atoms with E-state index in [-0.39, 0.29) is 11.9 Å². The van der Waals surface area contributed by atoms with Crippen LogP contribution in [0.4, 0.5) is 5.69 Å². The van der Waals surface area contributed by atoms with Crippen LogP contribution in [-0.4, -0.2) is 56.5 Å². The first kappa shape index (κ1) is 21.1. The number of carbonyl (C=O) groups is 1. The first-order chi connectivity index (χ1) is 15.2. The van der Waals surface area contributed by atoms with Crippen LogP contribution in [0.25, 0.3) is 22.6 Å². The minimum atomic E-state index is -0.150. The van der Waals surface area contributed by atoms with E-state index >= 15 is 0 Å². The molecule has 31 heavy (non-hydrogen) atoms. The summed E-state index contributed by atoms with van der Waals surface area (Å²) in [4.78, 5) is 24.0. The lowest BCUT2D eigenvalue weighted by molar-refractivity contribution is 0.0939. The summed E-state index contributed by atoms with van der Waals surface area (Å²) >= 11 is 0. The average Bonchev–Trinajstić information content (AvgIpc) is 3.26. The lowest BCUT2D eigenvalue weighted by atomic mass is 10.1. The Morgan fingerprint density at radius 2 is 2.03 bits per heavy atom. The van der Waals surface area contributed by atoms with Gasteiger partial charge in [0, 0.05) is 44.5 Å². The summed E-state index contributed by atoms with van der Waals surface area (Å²) in [5, 5.41) is 3.09. The van der Waals surface area contributed by atoms with Gasteiger partial charge >= 0.3 is 0 Å². The lowest BCUT2D eigenvalue weighted by Crippen LogP contribution is -2.36. The zero-order valence-electron chi connectivity index (χ0n) is 18.0. The second-order valence-electron chi connectivity index (χ2n) is 7.54. The number of carbonyl (C=O) groups excluding carboxylic acids is 1. The Hall–Kier alpha value is -3.19. The van der Waals surface area contributed by atoms with Crippen molar-refractivity contribution >= 4 is 28.9 Å². The molecule has 1 N–H and O–H groups in total. The Morgan fingerprint density at radius 3 is 2.81 bits per heavy atom. The third kappa shape index (κ3) is 4.61. The Bertz CT molecular complexity index is 1070. The maximum atomic E-state index is 13.0. The van der Waals surface area contributed by atoms with Crippen LogP contribution in [0.1, 0.15) is 30.1 Å². The van der Waals surface area contributed by atoms with E-state index in [1.165, 1.54) is 0 Å². The molecule has 2 aromatic carbocycles. The molecule has 1 aliphatic rings. The molecule has 1 aliphatic heterocycles. The van der Waals surface area contributed by atoms with Crippen LogP contribution in [0.5, 0.6) is 0 Å². The molecular weight excluding hydrogens is 392 g/mol. The van der Waals surface area contributed by atoms with Gasteiger partial charge in [-0.1, -0.05) is 25.1 Å². The van der Waals surface area contributed by atoms with E-state index in [4.69, 9.17) is 14.1 Å². The lowest BCUT2D eigenvalue weighted by Gasteiger charge is -2.30. The fourth-order valence-electron chi connectivity index (χ4n) is 3.80. The molecule has 7 nitrogen and oxygen atoms in total. The largest absolute Gasteiger partial charge is 0.436 e. The molecule has 7 heteroatoms. The van der Waals surface area contributed by atoms with Crippen molar-refractivity contribution in [2.24, 2.45) is 4.99 Å². The molecule has 0 radical (unpaired) electrons.